The van der Waals surface area contributed by atoms with E-state index in [1.54, 1.807) is 7.05 Å². The van der Waals surface area contributed by atoms with Crippen molar-refractivity contribution in [1.29, 1.82) is 0 Å². The standard InChI is InChI=1S/C9H10N4O3S/c1-10-9(17)12-11-5-6-2-3-8(14)7(4-6)13(15)16/h2-5,14H,1H3,(H2,10,12,17). The van der Waals surface area contributed by atoms with E-state index in [-0.39, 0.29) is 11.4 Å². The van der Waals surface area contributed by atoms with Crippen LogP contribution in [-0.2, 0) is 0 Å². The van der Waals surface area contributed by atoms with Crippen LogP contribution in [0, 0.1) is 10.1 Å². The second-order valence-electron chi connectivity index (χ2n) is 2.95. The number of benzene rings is 1. The zero-order valence-electron chi connectivity index (χ0n) is 8.88. The smallest absolute Gasteiger partial charge is 0.311 e. The Hall–Kier alpha value is -2.22. The lowest BCUT2D eigenvalue weighted by Gasteiger charge is -2.00. The molecule has 17 heavy (non-hydrogen) atoms. The first kappa shape index (κ1) is 12.8. The minimum absolute atomic E-state index is 0.328. The van der Waals surface area contributed by atoms with Crippen LogP contribution in [0.4, 0.5) is 5.69 Å². The molecule has 1 aromatic carbocycles. The Morgan fingerprint density at radius 3 is 2.94 bits per heavy atom. The summed E-state index contributed by atoms with van der Waals surface area (Å²) in [7, 11) is 1.64. The van der Waals surface area contributed by atoms with Gasteiger partial charge in [0, 0.05) is 18.7 Å². The van der Waals surface area contributed by atoms with Gasteiger partial charge in [-0.25, -0.2) is 0 Å². The lowest BCUT2D eigenvalue weighted by molar-refractivity contribution is -0.385. The van der Waals surface area contributed by atoms with E-state index >= 15 is 0 Å². The van der Waals surface area contributed by atoms with Crippen LogP contribution in [-0.4, -0.2) is 28.4 Å². The van der Waals surface area contributed by atoms with Crippen molar-refractivity contribution in [3.05, 3.63) is 33.9 Å². The van der Waals surface area contributed by atoms with E-state index in [1.165, 1.54) is 24.4 Å². The van der Waals surface area contributed by atoms with Crippen LogP contribution >= 0.6 is 12.2 Å². The molecule has 90 valence electrons. The van der Waals surface area contributed by atoms with Gasteiger partial charge < -0.3 is 10.4 Å². The van der Waals surface area contributed by atoms with Crippen LogP contribution < -0.4 is 10.7 Å². The number of phenolic OH excluding ortho intramolecular Hbond substituents is 1. The molecular weight excluding hydrogens is 244 g/mol. The molecule has 0 spiro atoms. The first-order valence-corrected chi connectivity index (χ1v) is 4.93. The number of phenols is 1. The first-order valence-electron chi connectivity index (χ1n) is 4.53. The van der Waals surface area contributed by atoms with E-state index in [0.717, 1.165) is 0 Å². The quantitative estimate of drug-likeness (QED) is 0.318. The van der Waals surface area contributed by atoms with Crippen molar-refractivity contribution in [1.82, 2.24) is 10.7 Å². The molecule has 0 heterocycles. The Labute approximate surface area is 102 Å². The average Bonchev–Trinajstić information content (AvgIpc) is 2.30. The summed E-state index contributed by atoms with van der Waals surface area (Å²) in [5, 5.41) is 26.5. The van der Waals surface area contributed by atoms with E-state index in [4.69, 9.17) is 12.2 Å². The summed E-state index contributed by atoms with van der Waals surface area (Å²) in [6, 6.07) is 3.94. The SMILES string of the molecule is CNC(=S)NN=Cc1ccc(O)c([N+](=O)[O-])c1. The molecule has 8 heteroatoms. The normalized spacial score (nSPS) is 10.2. The molecule has 0 radical (unpaired) electrons. The fourth-order valence-electron chi connectivity index (χ4n) is 0.988. The van der Waals surface area contributed by atoms with Crippen molar-refractivity contribution >= 4 is 29.2 Å². The van der Waals surface area contributed by atoms with Crippen LogP contribution in [0.25, 0.3) is 0 Å². The Morgan fingerprint density at radius 1 is 1.65 bits per heavy atom. The largest absolute Gasteiger partial charge is 0.502 e. The molecule has 0 fully saturated rings. The Morgan fingerprint density at radius 2 is 2.35 bits per heavy atom. The number of nitrogens with zero attached hydrogens (tertiary/aromatic N) is 2. The van der Waals surface area contributed by atoms with Gasteiger partial charge in [-0.3, -0.25) is 15.5 Å². The van der Waals surface area contributed by atoms with Crippen LogP contribution in [0.5, 0.6) is 5.75 Å². The van der Waals surface area contributed by atoms with Gasteiger partial charge in [-0.15, -0.1) is 0 Å². The molecule has 0 saturated carbocycles. The number of hydrogen-bond acceptors (Lipinski definition) is 5. The number of hydrogen-bond donors (Lipinski definition) is 3. The number of nitrogens with one attached hydrogen (secondary N) is 2. The number of aromatic hydroxyl groups is 1. The number of thiocarbonyl (C=S) groups is 1. The van der Waals surface area contributed by atoms with Crippen LogP contribution in [0.2, 0.25) is 0 Å². The highest BCUT2D eigenvalue weighted by molar-refractivity contribution is 7.80. The van der Waals surface area contributed by atoms with E-state index in [9.17, 15) is 15.2 Å². The minimum Gasteiger partial charge on any atom is -0.502 e. The fraction of sp³-hybridized carbons (Fsp3) is 0.111. The Balaban J connectivity index is 2.82. The number of rotatable bonds is 3. The van der Waals surface area contributed by atoms with Crippen molar-refractivity contribution in [2.45, 2.75) is 0 Å². The molecule has 0 saturated heterocycles. The van der Waals surface area contributed by atoms with Gasteiger partial charge in [0.25, 0.3) is 0 Å². The summed E-state index contributed by atoms with van der Waals surface area (Å²) in [5.74, 6) is -0.383. The fourth-order valence-corrected chi connectivity index (χ4v) is 1.04. The maximum atomic E-state index is 10.6. The van der Waals surface area contributed by atoms with Gasteiger partial charge >= 0.3 is 5.69 Å². The number of nitro benzene ring substituents is 1. The molecule has 0 aromatic heterocycles. The van der Waals surface area contributed by atoms with Gasteiger partial charge in [-0.05, 0) is 24.4 Å². The van der Waals surface area contributed by atoms with Gasteiger partial charge in [0.2, 0.25) is 0 Å². The van der Waals surface area contributed by atoms with Crippen molar-refractivity contribution in [3.8, 4) is 5.75 Å². The number of hydrazone groups is 1. The lowest BCUT2D eigenvalue weighted by Crippen LogP contribution is -2.28. The average molecular weight is 254 g/mol. The third kappa shape index (κ3) is 3.68. The topological polar surface area (TPSA) is 99.8 Å². The third-order valence-electron chi connectivity index (χ3n) is 1.80. The zero-order chi connectivity index (χ0) is 12.8. The maximum Gasteiger partial charge on any atom is 0.311 e. The van der Waals surface area contributed by atoms with Gasteiger partial charge in [0.1, 0.15) is 0 Å². The molecule has 0 aliphatic rings. The zero-order valence-corrected chi connectivity index (χ0v) is 9.69. The number of nitro groups is 1. The molecule has 1 rings (SSSR count). The molecular formula is C9H10N4O3S. The Kier molecular flexibility index (Phi) is 4.35. The van der Waals surface area contributed by atoms with Crippen molar-refractivity contribution < 1.29 is 10.0 Å². The summed E-state index contributed by atoms with van der Waals surface area (Å²) < 4.78 is 0. The van der Waals surface area contributed by atoms with Crippen LogP contribution in [0.1, 0.15) is 5.56 Å². The second kappa shape index (κ2) is 5.75. The molecule has 7 nitrogen and oxygen atoms in total. The van der Waals surface area contributed by atoms with Crippen molar-refractivity contribution in [3.63, 3.8) is 0 Å². The Bertz CT molecular complexity index is 475. The molecule has 0 atom stereocenters. The molecule has 0 unspecified atom stereocenters. The third-order valence-corrected chi connectivity index (χ3v) is 2.10. The van der Waals surface area contributed by atoms with Gasteiger partial charge in [0.05, 0.1) is 11.1 Å². The van der Waals surface area contributed by atoms with E-state index in [2.05, 4.69) is 15.8 Å². The first-order chi connectivity index (χ1) is 8.04. The van der Waals surface area contributed by atoms with Gasteiger partial charge in [0.15, 0.2) is 10.9 Å². The highest BCUT2D eigenvalue weighted by Gasteiger charge is 2.12. The van der Waals surface area contributed by atoms with E-state index in [1.807, 2.05) is 0 Å². The second-order valence-corrected chi connectivity index (χ2v) is 3.36. The van der Waals surface area contributed by atoms with Crippen molar-refractivity contribution in [2.75, 3.05) is 7.05 Å². The predicted octanol–water partition coefficient (Wildman–Crippen LogP) is 0.728. The van der Waals surface area contributed by atoms with Gasteiger partial charge in [-0.1, -0.05) is 0 Å². The summed E-state index contributed by atoms with van der Waals surface area (Å²) in [6.45, 7) is 0. The molecule has 3 N–H and O–H groups in total. The summed E-state index contributed by atoms with van der Waals surface area (Å²) in [6.07, 6.45) is 1.36. The summed E-state index contributed by atoms with van der Waals surface area (Å²) >= 11 is 4.77. The molecule has 1 aromatic rings. The van der Waals surface area contributed by atoms with Gasteiger partial charge in [-0.2, -0.15) is 5.10 Å². The minimum atomic E-state index is -0.668. The van der Waals surface area contributed by atoms with Crippen LogP contribution in [0.15, 0.2) is 23.3 Å². The van der Waals surface area contributed by atoms with Crippen molar-refractivity contribution in [2.24, 2.45) is 5.10 Å². The van der Waals surface area contributed by atoms with E-state index in [0.29, 0.717) is 10.7 Å². The lowest BCUT2D eigenvalue weighted by atomic mass is 10.2. The maximum absolute atomic E-state index is 10.6. The van der Waals surface area contributed by atoms with Crippen LogP contribution in [0.3, 0.4) is 0 Å². The molecule has 0 aliphatic carbocycles. The summed E-state index contributed by atoms with van der Waals surface area (Å²) in [5.41, 5.74) is 2.60. The predicted molar refractivity (Wildman–Crippen MR) is 67.1 cm³/mol. The molecule has 0 aliphatic heterocycles. The monoisotopic (exact) mass is 254 g/mol. The molecule has 0 bridgehead atoms. The van der Waals surface area contributed by atoms with E-state index < -0.39 is 4.92 Å². The highest BCUT2D eigenvalue weighted by Crippen LogP contribution is 2.25. The molecule has 0 amide bonds. The summed E-state index contributed by atoms with van der Waals surface area (Å²) in [4.78, 5) is 9.89. The highest BCUT2D eigenvalue weighted by atomic mass is 32.1.